The molecule has 0 bridgehead atoms. The molecule has 0 aliphatic heterocycles. The molecular formula is C12H19ClN2OS. The van der Waals surface area contributed by atoms with Gasteiger partial charge in [-0.05, 0) is 24.5 Å². The van der Waals surface area contributed by atoms with E-state index in [1.807, 2.05) is 12.1 Å². The highest BCUT2D eigenvalue weighted by Crippen LogP contribution is 2.21. The zero-order valence-electron chi connectivity index (χ0n) is 10.4. The third kappa shape index (κ3) is 5.06. The SMILES string of the molecule is CNC(=O)C(CC(C)C)NCc1ccc(Cl)s1. The van der Waals surface area contributed by atoms with Crippen molar-refractivity contribution in [2.45, 2.75) is 32.9 Å². The van der Waals surface area contributed by atoms with Gasteiger partial charge in [-0.1, -0.05) is 25.4 Å². The number of rotatable bonds is 6. The monoisotopic (exact) mass is 274 g/mol. The molecule has 0 spiro atoms. The molecule has 0 aliphatic rings. The third-order valence-corrected chi connectivity index (χ3v) is 3.65. The van der Waals surface area contributed by atoms with Crippen LogP contribution in [0, 0.1) is 5.92 Å². The van der Waals surface area contributed by atoms with Crippen molar-refractivity contribution >= 4 is 28.8 Å². The van der Waals surface area contributed by atoms with E-state index in [1.54, 1.807) is 7.05 Å². The first-order valence-corrected chi connectivity index (χ1v) is 6.91. The van der Waals surface area contributed by atoms with Gasteiger partial charge in [-0.15, -0.1) is 11.3 Å². The molecule has 1 atom stereocenters. The summed E-state index contributed by atoms with van der Waals surface area (Å²) in [6.07, 6.45) is 0.832. The van der Waals surface area contributed by atoms with E-state index in [4.69, 9.17) is 11.6 Å². The highest BCUT2D eigenvalue weighted by molar-refractivity contribution is 7.16. The Hall–Kier alpha value is -0.580. The van der Waals surface area contributed by atoms with Gasteiger partial charge in [0.05, 0.1) is 10.4 Å². The molecular weight excluding hydrogens is 256 g/mol. The van der Waals surface area contributed by atoms with Gasteiger partial charge in [-0.2, -0.15) is 0 Å². The van der Waals surface area contributed by atoms with E-state index < -0.39 is 0 Å². The van der Waals surface area contributed by atoms with Crippen LogP contribution in [0.5, 0.6) is 0 Å². The second-order valence-corrected chi connectivity index (χ2v) is 6.18. The zero-order valence-corrected chi connectivity index (χ0v) is 12.0. The smallest absolute Gasteiger partial charge is 0.236 e. The number of carbonyl (C=O) groups is 1. The van der Waals surface area contributed by atoms with Gasteiger partial charge >= 0.3 is 0 Å². The molecule has 2 N–H and O–H groups in total. The van der Waals surface area contributed by atoms with Crippen LogP contribution in [0.3, 0.4) is 0 Å². The van der Waals surface area contributed by atoms with Crippen molar-refractivity contribution in [3.8, 4) is 0 Å². The summed E-state index contributed by atoms with van der Waals surface area (Å²) in [5, 5.41) is 5.96. The normalized spacial score (nSPS) is 12.8. The molecule has 0 saturated carbocycles. The lowest BCUT2D eigenvalue weighted by Crippen LogP contribution is -2.43. The number of likely N-dealkylation sites (N-methyl/N-ethyl adjacent to an activating group) is 1. The van der Waals surface area contributed by atoms with Gasteiger partial charge in [-0.3, -0.25) is 4.79 Å². The van der Waals surface area contributed by atoms with Crippen molar-refractivity contribution in [1.82, 2.24) is 10.6 Å². The number of hydrogen-bond donors (Lipinski definition) is 2. The maximum atomic E-state index is 11.7. The number of nitrogens with one attached hydrogen (secondary N) is 2. The second kappa shape index (κ2) is 6.99. The molecule has 0 aromatic carbocycles. The summed E-state index contributed by atoms with van der Waals surface area (Å²) in [6.45, 7) is 4.90. The average molecular weight is 275 g/mol. The topological polar surface area (TPSA) is 41.1 Å². The first-order chi connectivity index (χ1) is 8.02. The molecule has 1 rings (SSSR count). The molecule has 1 aromatic rings. The van der Waals surface area contributed by atoms with Gasteiger partial charge in [0.15, 0.2) is 0 Å². The van der Waals surface area contributed by atoms with Crippen molar-refractivity contribution in [3.63, 3.8) is 0 Å². The molecule has 96 valence electrons. The molecule has 0 saturated heterocycles. The minimum atomic E-state index is -0.138. The van der Waals surface area contributed by atoms with Gasteiger partial charge < -0.3 is 10.6 Å². The van der Waals surface area contributed by atoms with Crippen molar-refractivity contribution in [1.29, 1.82) is 0 Å². The van der Waals surface area contributed by atoms with Gasteiger partial charge in [-0.25, -0.2) is 0 Å². The Morgan fingerprint density at radius 1 is 1.47 bits per heavy atom. The van der Waals surface area contributed by atoms with E-state index in [2.05, 4.69) is 24.5 Å². The Morgan fingerprint density at radius 2 is 2.18 bits per heavy atom. The lowest BCUT2D eigenvalue weighted by atomic mass is 10.0. The minimum Gasteiger partial charge on any atom is -0.358 e. The van der Waals surface area contributed by atoms with Crippen molar-refractivity contribution < 1.29 is 4.79 Å². The summed E-state index contributed by atoms with van der Waals surface area (Å²) in [5.74, 6) is 0.526. The van der Waals surface area contributed by atoms with E-state index in [-0.39, 0.29) is 11.9 Å². The maximum absolute atomic E-state index is 11.7. The summed E-state index contributed by atoms with van der Waals surface area (Å²) in [4.78, 5) is 12.8. The molecule has 17 heavy (non-hydrogen) atoms. The molecule has 1 aromatic heterocycles. The molecule has 1 heterocycles. The van der Waals surface area contributed by atoms with E-state index in [9.17, 15) is 4.79 Å². The highest BCUT2D eigenvalue weighted by atomic mass is 35.5. The van der Waals surface area contributed by atoms with Crippen LogP contribution >= 0.6 is 22.9 Å². The second-order valence-electron chi connectivity index (χ2n) is 4.38. The van der Waals surface area contributed by atoms with Gasteiger partial charge in [0, 0.05) is 18.5 Å². The predicted molar refractivity (Wildman–Crippen MR) is 73.5 cm³/mol. The third-order valence-electron chi connectivity index (χ3n) is 2.42. The largest absolute Gasteiger partial charge is 0.358 e. The Labute approximate surface area is 112 Å². The van der Waals surface area contributed by atoms with Crippen LogP contribution in [0.1, 0.15) is 25.1 Å². The van der Waals surface area contributed by atoms with Crippen LogP contribution in [0.15, 0.2) is 12.1 Å². The number of amides is 1. The number of thiophene rings is 1. The van der Waals surface area contributed by atoms with Crippen molar-refractivity contribution in [2.24, 2.45) is 5.92 Å². The van der Waals surface area contributed by atoms with Crippen LogP contribution < -0.4 is 10.6 Å². The van der Waals surface area contributed by atoms with E-state index in [0.717, 1.165) is 15.6 Å². The van der Waals surface area contributed by atoms with Crippen LogP contribution in [-0.2, 0) is 11.3 Å². The molecule has 3 nitrogen and oxygen atoms in total. The van der Waals surface area contributed by atoms with Crippen LogP contribution in [0.4, 0.5) is 0 Å². The fourth-order valence-electron chi connectivity index (χ4n) is 1.60. The summed E-state index contributed by atoms with van der Waals surface area (Å²) in [6, 6.07) is 3.72. The lowest BCUT2D eigenvalue weighted by molar-refractivity contribution is -0.123. The zero-order chi connectivity index (χ0) is 12.8. The van der Waals surface area contributed by atoms with Crippen molar-refractivity contribution in [3.05, 3.63) is 21.3 Å². The van der Waals surface area contributed by atoms with Crippen molar-refractivity contribution in [2.75, 3.05) is 7.05 Å². The van der Waals surface area contributed by atoms with Crippen LogP contribution in [0.2, 0.25) is 4.34 Å². The average Bonchev–Trinajstić information content (AvgIpc) is 2.68. The fraction of sp³-hybridized carbons (Fsp3) is 0.583. The Balaban J connectivity index is 2.51. The summed E-state index contributed by atoms with van der Waals surface area (Å²) < 4.78 is 0.780. The summed E-state index contributed by atoms with van der Waals surface area (Å²) >= 11 is 7.40. The summed E-state index contributed by atoms with van der Waals surface area (Å²) in [7, 11) is 1.67. The number of halogens is 1. The predicted octanol–water partition coefficient (Wildman–Crippen LogP) is 2.65. The lowest BCUT2D eigenvalue weighted by Gasteiger charge is -2.18. The van der Waals surface area contributed by atoms with Gasteiger partial charge in [0.25, 0.3) is 0 Å². The van der Waals surface area contributed by atoms with Crippen LogP contribution in [0.25, 0.3) is 0 Å². The number of hydrogen-bond acceptors (Lipinski definition) is 3. The molecule has 0 radical (unpaired) electrons. The van der Waals surface area contributed by atoms with E-state index in [1.165, 1.54) is 11.3 Å². The molecule has 5 heteroatoms. The quantitative estimate of drug-likeness (QED) is 0.837. The standard InChI is InChI=1S/C12H19ClN2OS/c1-8(2)6-10(12(16)14-3)15-7-9-4-5-11(13)17-9/h4-5,8,10,15H,6-7H2,1-3H3,(H,14,16). The van der Waals surface area contributed by atoms with Crippen LogP contribution in [-0.4, -0.2) is 19.0 Å². The highest BCUT2D eigenvalue weighted by Gasteiger charge is 2.17. The van der Waals surface area contributed by atoms with E-state index >= 15 is 0 Å². The minimum absolute atomic E-state index is 0.0429. The van der Waals surface area contributed by atoms with Gasteiger partial charge in [0.2, 0.25) is 5.91 Å². The van der Waals surface area contributed by atoms with E-state index in [0.29, 0.717) is 12.5 Å². The Kier molecular flexibility index (Phi) is 5.95. The molecule has 1 unspecified atom stereocenters. The maximum Gasteiger partial charge on any atom is 0.236 e. The molecule has 1 amide bonds. The number of carbonyl (C=O) groups excluding carboxylic acids is 1. The first kappa shape index (κ1) is 14.5. The Morgan fingerprint density at radius 3 is 2.65 bits per heavy atom. The summed E-state index contributed by atoms with van der Waals surface area (Å²) in [5.41, 5.74) is 0. The first-order valence-electron chi connectivity index (χ1n) is 5.72. The molecule has 0 fully saturated rings. The van der Waals surface area contributed by atoms with Gasteiger partial charge in [0.1, 0.15) is 0 Å². The Bertz CT molecular complexity index is 365. The fourth-order valence-corrected chi connectivity index (χ4v) is 2.64. The molecule has 0 aliphatic carbocycles.